The van der Waals surface area contributed by atoms with Crippen molar-refractivity contribution in [2.24, 2.45) is 5.41 Å². The first-order valence-electron chi connectivity index (χ1n) is 9.01. The second-order valence-corrected chi connectivity index (χ2v) is 17.5. The predicted molar refractivity (Wildman–Crippen MR) is 123 cm³/mol. The molecule has 0 spiro atoms. The van der Waals surface area contributed by atoms with Crippen LogP contribution in [0, 0.1) is 5.41 Å². The summed E-state index contributed by atoms with van der Waals surface area (Å²) in [7, 11) is 3.36. The van der Waals surface area contributed by atoms with E-state index in [1.807, 2.05) is 13.1 Å². The summed E-state index contributed by atoms with van der Waals surface area (Å²) in [5.41, 5.74) is -3.62. The van der Waals surface area contributed by atoms with E-state index in [9.17, 15) is 35.5 Å². The minimum Gasteiger partial charge on any atom is -0.398 e. The lowest BCUT2D eigenvalue weighted by atomic mass is 9.92. The molecule has 0 saturated carbocycles. The van der Waals surface area contributed by atoms with Crippen LogP contribution in [0.3, 0.4) is 0 Å². The number of ether oxygens (including phenoxy) is 1. The van der Waals surface area contributed by atoms with Crippen molar-refractivity contribution in [2.45, 2.75) is 39.3 Å². The van der Waals surface area contributed by atoms with Crippen molar-refractivity contribution >= 4 is 23.3 Å². The SMILES string of the molecule is CC(C)(C(F)(F)F)C(F)(F)F.COC.COP(C)(=O)OC.CO[Si](C)(C)OC.CP(C)(C)=O. The molecule has 0 amide bonds. The summed E-state index contributed by atoms with van der Waals surface area (Å²) in [6, 6.07) is 0. The van der Waals surface area contributed by atoms with E-state index < -0.39 is 41.1 Å². The molecule has 0 bridgehead atoms. The van der Waals surface area contributed by atoms with Crippen LogP contribution in [0.5, 0.6) is 0 Å². The molecule has 208 valence electrons. The van der Waals surface area contributed by atoms with Gasteiger partial charge in [-0.1, -0.05) is 0 Å². The van der Waals surface area contributed by atoms with Gasteiger partial charge in [0.25, 0.3) is 0 Å². The van der Waals surface area contributed by atoms with Crippen LogP contribution in [0.1, 0.15) is 13.8 Å². The summed E-state index contributed by atoms with van der Waals surface area (Å²) in [6.07, 6.45) is -10.5. The third-order valence-electron chi connectivity index (χ3n) is 3.06. The number of alkyl halides is 6. The minimum absolute atomic E-state index is 0.104. The molecule has 0 unspecified atom stereocenters. The molecule has 0 aromatic heterocycles. The molecule has 0 aliphatic carbocycles. The fraction of sp³-hybridized carbons (Fsp3) is 1.00. The van der Waals surface area contributed by atoms with Gasteiger partial charge in [0.05, 0.1) is 7.14 Å². The maximum Gasteiger partial charge on any atom is 0.402 e. The largest absolute Gasteiger partial charge is 0.402 e. The van der Waals surface area contributed by atoms with Gasteiger partial charge in [-0.3, -0.25) is 4.57 Å². The third-order valence-corrected chi connectivity index (χ3v) is 6.36. The summed E-state index contributed by atoms with van der Waals surface area (Å²) in [6.45, 7) is 10.8. The highest BCUT2D eigenvalue weighted by molar-refractivity contribution is 7.61. The average molecular weight is 563 g/mol. The lowest BCUT2D eigenvalue weighted by Gasteiger charge is -2.29. The normalized spacial score (nSPS) is 12.5. The lowest BCUT2D eigenvalue weighted by Crippen LogP contribution is -2.44. The fourth-order valence-electron chi connectivity index (χ4n) is 0.319. The molecular formula is C17H42F6O7P2Si. The van der Waals surface area contributed by atoms with Crippen molar-refractivity contribution in [3.05, 3.63) is 0 Å². The van der Waals surface area contributed by atoms with Gasteiger partial charge in [-0.2, -0.15) is 26.3 Å². The Morgan fingerprint density at radius 1 is 0.636 bits per heavy atom. The average Bonchev–Trinajstić information content (AvgIpc) is 2.60. The molecule has 0 saturated heterocycles. The summed E-state index contributed by atoms with van der Waals surface area (Å²) in [5.74, 6) is 0. The van der Waals surface area contributed by atoms with Gasteiger partial charge in [0.15, 0.2) is 5.41 Å². The van der Waals surface area contributed by atoms with E-state index in [1.54, 1.807) is 48.4 Å². The number of halogens is 6. The van der Waals surface area contributed by atoms with Gasteiger partial charge < -0.3 is 27.2 Å². The van der Waals surface area contributed by atoms with Gasteiger partial charge >= 0.3 is 28.5 Å². The first-order chi connectivity index (χ1) is 14.2. The lowest BCUT2D eigenvalue weighted by molar-refractivity contribution is -0.327. The highest BCUT2D eigenvalue weighted by atomic mass is 31.2. The zero-order valence-electron chi connectivity index (χ0n) is 22.0. The van der Waals surface area contributed by atoms with E-state index in [1.165, 1.54) is 20.9 Å². The van der Waals surface area contributed by atoms with E-state index in [4.69, 9.17) is 8.85 Å². The molecule has 0 fully saturated rings. The maximum absolute atomic E-state index is 11.6. The molecule has 0 aliphatic rings. The van der Waals surface area contributed by atoms with E-state index in [2.05, 4.69) is 13.8 Å². The molecule has 0 aromatic carbocycles. The van der Waals surface area contributed by atoms with Crippen molar-refractivity contribution in [2.75, 3.05) is 69.3 Å². The first-order valence-corrected chi connectivity index (χ1v) is 16.9. The summed E-state index contributed by atoms with van der Waals surface area (Å²) in [4.78, 5) is 0. The van der Waals surface area contributed by atoms with E-state index in [0.717, 1.165) is 0 Å². The van der Waals surface area contributed by atoms with Crippen LogP contribution < -0.4 is 0 Å². The van der Waals surface area contributed by atoms with Gasteiger partial charge in [0.2, 0.25) is 0 Å². The molecule has 0 aromatic rings. The summed E-state index contributed by atoms with van der Waals surface area (Å²) in [5, 5.41) is 0. The van der Waals surface area contributed by atoms with E-state index >= 15 is 0 Å². The molecule has 33 heavy (non-hydrogen) atoms. The molecule has 0 atom stereocenters. The van der Waals surface area contributed by atoms with Crippen molar-refractivity contribution in [3.63, 3.8) is 0 Å². The topological polar surface area (TPSA) is 80.3 Å². The Balaban J connectivity index is -0.000000105. The second kappa shape index (κ2) is 18.3. The highest BCUT2D eigenvalue weighted by Gasteiger charge is 2.64. The van der Waals surface area contributed by atoms with Crippen LogP contribution in [0.4, 0.5) is 26.3 Å². The van der Waals surface area contributed by atoms with Crippen molar-refractivity contribution < 1.29 is 58.1 Å². The molecule has 16 heteroatoms. The maximum atomic E-state index is 11.6. The minimum atomic E-state index is -5.24. The number of methoxy groups -OCH3 is 1. The van der Waals surface area contributed by atoms with Gasteiger partial charge in [-0.05, 0) is 46.9 Å². The smallest absolute Gasteiger partial charge is 0.398 e. The van der Waals surface area contributed by atoms with Crippen molar-refractivity contribution in [3.8, 4) is 0 Å². The first kappa shape index (κ1) is 43.2. The van der Waals surface area contributed by atoms with Crippen LogP contribution in [0.25, 0.3) is 0 Å². The number of hydrogen-bond acceptors (Lipinski definition) is 7. The van der Waals surface area contributed by atoms with Crippen molar-refractivity contribution in [1.82, 2.24) is 0 Å². The Morgan fingerprint density at radius 2 is 0.818 bits per heavy atom. The fourth-order valence-corrected chi connectivity index (χ4v) is 0.634. The quantitative estimate of drug-likeness (QED) is 0.214. The van der Waals surface area contributed by atoms with E-state index in [0.29, 0.717) is 0 Å². The highest BCUT2D eigenvalue weighted by Crippen LogP contribution is 2.49. The number of hydrogen-bond donors (Lipinski definition) is 0. The molecule has 0 aliphatic heterocycles. The Bertz CT molecular complexity index is 527. The van der Waals surface area contributed by atoms with Gasteiger partial charge in [-0.25, -0.2) is 0 Å². The standard InChI is InChI=1S/C5H6F6.C4H12O2Si.C3H9O3P.C3H9OP.C2H6O/c1-3(2,4(6,7)8)5(9,10)11;2*1-5-7(3,4)6-2;1-5(2,3)4;1-3-2/h1-2H3;1-4H3;1-3H3;1-3H3;1-2H3. The van der Waals surface area contributed by atoms with E-state index in [-0.39, 0.29) is 13.8 Å². The molecule has 0 rings (SSSR count). The molecule has 0 heterocycles. The Morgan fingerprint density at radius 3 is 0.818 bits per heavy atom. The Kier molecular flexibility index (Phi) is 24.0. The van der Waals surface area contributed by atoms with Crippen LogP contribution in [0.15, 0.2) is 0 Å². The zero-order valence-corrected chi connectivity index (χ0v) is 24.8. The van der Waals surface area contributed by atoms with Crippen LogP contribution in [-0.2, 0) is 31.8 Å². The molecular weight excluding hydrogens is 520 g/mol. The van der Waals surface area contributed by atoms with Gasteiger partial charge in [0, 0.05) is 49.3 Å². The second-order valence-electron chi connectivity index (χ2n) is 7.86. The zero-order chi connectivity index (χ0) is 28.5. The number of rotatable bonds is 4. The van der Waals surface area contributed by atoms with Crippen LogP contribution >= 0.6 is 14.7 Å². The molecule has 7 nitrogen and oxygen atoms in total. The predicted octanol–water partition coefficient (Wildman–Crippen LogP) is 6.72. The monoisotopic (exact) mass is 562 g/mol. The Hall–Kier alpha value is 0.0569. The van der Waals surface area contributed by atoms with Crippen LogP contribution in [0.2, 0.25) is 13.1 Å². The molecule has 0 radical (unpaired) electrons. The van der Waals surface area contributed by atoms with Gasteiger partial charge in [-0.15, -0.1) is 0 Å². The Labute approximate surface area is 196 Å². The van der Waals surface area contributed by atoms with Gasteiger partial charge in [0.1, 0.15) is 0 Å². The summed E-state index contributed by atoms with van der Waals surface area (Å²) < 4.78 is 113. The molecule has 0 N–H and O–H groups in total. The summed E-state index contributed by atoms with van der Waals surface area (Å²) >= 11 is 0. The third kappa shape index (κ3) is 32.1. The van der Waals surface area contributed by atoms with Crippen LogP contribution in [-0.4, -0.2) is 90.2 Å². The van der Waals surface area contributed by atoms with Crippen molar-refractivity contribution in [1.29, 1.82) is 0 Å².